The van der Waals surface area contributed by atoms with E-state index in [1.54, 1.807) is 0 Å². The molecule has 0 saturated heterocycles. The Kier molecular flexibility index (Phi) is 7.67. The minimum atomic E-state index is -0.898. The molecule has 4 aliphatic carbocycles. The molecule has 0 heterocycles. The molecule has 0 spiro atoms. The number of hydrogen-bond donors (Lipinski definition) is 3. The minimum Gasteiger partial charge on any atom is -0.481 e. The van der Waals surface area contributed by atoms with Gasteiger partial charge in [-0.25, -0.2) is 0 Å². The van der Waals surface area contributed by atoms with Gasteiger partial charge in [0.2, 0.25) is 0 Å². The molecule has 3 saturated carbocycles. The van der Waals surface area contributed by atoms with Crippen LogP contribution in [-0.4, -0.2) is 47.1 Å². The van der Waals surface area contributed by atoms with Gasteiger partial charge in [0, 0.05) is 12.5 Å². The normalized spacial score (nSPS) is 35.9. The van der Waals surface area contributed by atoms with Gasteiger partial charge < -0.3 is 20.4 Å². The SMILES string of the molecule is C[C@]12CC[C@H]3[C@@H](CCC4=C/C(=N/OCC(=O)NC[C@@H](CC(=O)O)c5ccccc5)CC[C@@]43C)[C@@H]1CC[C@H]2O. The van der Waals surface area contributed by atoms with Gasteiger partial charge in [0.05, 0.1) is 18.2 Å². The Morgan fingerprint density at radius 1 is 1.08 bits per heavy atom. The number of fused-ring (bicyclic) bond motifs is 5. The van der Waals surface area contributed by atoms with Crippen molar-refractivity contribution >= 4 is 17.6 Å². The zero-order valence-electron chi connectivity index (χ0n) is 22.7. The molecular weight excluding hydrogens is 480 g/mol. The van der Waals surface area contributed by atoms with E-state index in [0.717, 1.165) is 43.4 Å². The minimum absolute atomic E-state index is 0.0534. The molecule has 0 unspecified atom stereocenters. The molecule has 0 aliphatic heterocycles. The monoisotopic (exact) mass is 522 g/mol. The first-order valence-electron chi connectivity index (χ1n) is 14.3. The number of amides is 1. The van der Waals surface area contributed by atoms with Crippen molar-refractivity contribution in [3.63, 3.8) is 0 Å². The Bertz CT molecular complexity index is 1100. The molecule has 3 N–H and O–H groups in total. The van der Waals surface area contributed by atoms with E-state index in [1.165, 1.54) is 24.8 Å². The maximum atomic E-state index is 12.4. The van der Waals surface area contributed by atoms with Crippen molar-refractivity contribution in [2.24, 2.45) is 33.7 Å². The van der Waals surface area contributed by atoms with Gasteiger partial charge in [-0.15, -0.1) is 0 Å². The summed E-state index contributed by atoms with van der Waals surface area (Å²) < 4.78 is 0. The quantitative estimate of drug-likeness (QED) is 0.414. The Hall–Kier alpha value is -2.67. The van der Waals surface area contributed by atoms with Crippen LogP contribution in [0.1, 0.15) is 83.1 Å². The van der Waals surface area contributed by atoms with E-state index in [-0.39, 0.29) is 48.3 Å². The molecule has 0 aromatic heterocycles. The third-order valence-electron chi connectivity index (χ3n) is 10.5. The van der Waals surface area contributed by atoms with E-state index in [1.807, 2.05) is 30.3 Å². The third kappa shape index (κ3) is 5.14. The topological polar surface area (TPSA) is 108 Å². The fraction of sp³-hybridized carbons (Fsp3) is 0.645. The number of carboxylic acids is 1. The number of aliphatic hydroxyl groups is 1. The van der Waals surface area contributed by atoms with E-state index in [0.29, 0.717) is 17.8 Å². The molecule has 0 radical (unpaired) electrons. The number of carboxylic acid groups (broad SMARTS) is 1. The van der Waals surface area contributed by atoms with Gasteiger partial charge in [0.15, 0.2) is 6.61 Å². The maximum Gasteiger partial charge on any atom is 0.304 e. The van der Waals surface area contributed by atoms with Crippen molar-refractivity contribution in [3.8, 4) is 0 Å². The molecule has 1 aromatic carbocycles. The van der Waals surface area contributed by atoms with E-state index < -0.39 is 5.97 Å². The summed E-state index contributed by atoms with van der Waals surface area (Å²) in [5.74, 6) is 0.506. The molecule has 7 heteroatoms. The average Bonchev–Trinajstić information content (AvgIpc) is 3.21. The van der Waals surface area contributed by atoms with Crippen molar-refractivity contribution in [3.05, 3.63) is 47.5 Å². The van der Waals surface area contributed by atoms with Crippen LogP contribution >= 0.6 is 0 Å². The highest BCUT2D eigenvalue weighted by Gasteiger charge is 2.58. The Morgan fingerprint density at radius 2 is 1.87 bits per heavy atom. The lowest BCUT2D eigenvalue weighted by molar-refractivity contribution is -0.137. The number of oxime groups is 1. The Labute approximate surface area is 225 Å². The summed E-state index contributed by atoms with van der Waals surface area (Å²) in [6, 6.07) is 9.37. The fourth-order valence-electron chi connectivity index (χ4n) is 8.32. The van der Waals surface area contributed by atoms with Gasteiger partial charge in [-0.05, 0) is 91.6 Å². The number of benzene rings is 1. The van der Waals surface area contributed by atoms with Crippen LogP contribution in [0.5, 0.6) is 0 Å². The lowest BCUT2D eigenvalue weighted by Crippen LogP contribution is -2.51. The molecule has 7 nitrogen and oxygen atoms in total. The van der Waals surface area contributed by atoms with E-state index in [2.05, 4.69) is 30.4 Å². The van der Waals surface area contributed by atoms with Gasteiger partial charge in [0.25, 0.3) is 5.91 Å². The lowest BCUT2D eigenvalue weighted by Gasteiger charge is -2.57. The highest BCUT2D eigenvalue weighted by Crippen LogP contribution is 2.65. The van der Waals surface area contributed by atoms with E-state index >= 15 is 0 Å². The van der Waals surface area contributed by atoms with Crippen LogP contribution in [0.15, 0.2) is 47.1 Å². The third-order valence-corrected chi connectivity index (χ3v) is 10.5. The maximum absolute atomic E-state index is 12.4. The number of nitrogens with zero attached hydrogens (tertiary/aromatic N) is 1. The number of aliphatic hydroxyl groups excluding tert-OH is 1. The number of carbonyl (C=O) groups is 2. The zero-order valence-corrected chi connectivity index (χ0v) is 22.7. The number of nitrogens with one attached hydrogen (secondary N) is 1. The molecule has 206 valence electrons. The predicted octanol–water partition coefficient (Wildman–Crippen LogP) is 5.06. The largest absolute Gasteiger partial charge is 0.481 e. The second-order valence-corrected chi connectivity index (χ2v) is 12.5. The van der Waals surface area contributed by atoms with Crippen molar-refractivity contribution in [2.75, 3.05) is 13.2 Å². The summed E-state index contributed by atoms with van der Waals surface area (Å²) in [7, 11) is 0. The van der Waals surface area contributed by atoms with Crippen molar-refractivity contribution in [1.29, 1.82) is 0 Å². The van der Waals surface area contributed by atoms with Crippen molar-refractivity contribution in [2.45, 2.75) is 83.7 Å². The zero-order chi connectivity index (χ0) is 26.9. The first-order chi connectivity index (χ1) is 18.2. The molecule has 5 rings (SSSR count). The fourth-order valence-corrected chi connectivity index (χ4v) is 8.32. The highest BCUT2D eigenvalue weighted by atomic mass is 16.6. The lowest BCUT2D eigenvalue weighted by atomic mass is 9.47. The molecule has 7 atom stereocenters. The van der Waals surface area contributed by atoms with Crippen LogP contribution in [0.2, 0.25) is 0 Å². The summed E-state index contributed by atoms with van der Waals surface area (Å²) in [6.07, 6.45) is 10.6. The molecule has 0 bridgehead atoms. The van der Waals surface area contributed by atoms with Gasteiger partial charge in [-0.2, -0.15) is 0 Å². The molecule has 4 aliphatic rings. The highest BCUT2D eigenvalue weighted by molar-refractivity contribution is 5.96. The summed E-state index contributed by atoms with van der Waals surface area (Å²) in [5, 5.41) is 27.0. The number of aliphatic carboxylic acids is 1. The Morgan fingerprint density at radius 3 is 2.63 bits per heavy atom. The summed E-state index contributed by atoms with van der Waals surface area (Å²) in [6.45, 7) is 4.81. The molecule has 1 aromatic rings. The second kappa shape index (κ2) is 10.8. The van der Waals surface area contributed by atoms with Crippen molar-refractivity contribution in [1.82, 2.24) is 5.32 Å². The average molecular weight is 523 g/mol. The molecule has 1 amide bonds. The number of hydrogen-bond acceptors (Lipinski definition) is 5. The second-order valence-electron chi connectivity index (χ2n) is 12.5. The van der Waals surface area contributed by atoms with Gasteiger partial charge >= 0.3 is 5.97 Å². The molecule has 3 fully saturated rings. The van der Waals surface area contributed by atoms with Crippen LogP contribution in [-0.2, 0) is 14.4 Å². The first kappa shape index (κ1) is 26.9. The summed E-state index contributed by atoms with van der Waals surface area (Å²) >= 11 is 0. The van der Waals surface area contributed by atoms with Crippen LogP contribution in [0.25, 0.3) is 0 Å². The Balaban J connectivity index is 1.16. The standard InChI is InChI=1S/C31H42N2O5/c1-30-14-12-23(17-22(30)8-9-24-25-10-11-27(34)31(25,2)15-13-26(24)30)33-38-19-28(35)32-18-21(16-29(36)37)20-6-4-3-5-7-20/h3-7,17,21,24-27,34H,8-16,18-19H2,1-2H3,(H,32,35)(H,36,37)/b33-23+/t21-,24+,25+,26+,27-,30+,31+/m1/s1. The number of rotatable bonds is 8. The van der Waals surface area contributed by atoms with E-state index in [9.17, 15) is 19.8 Å². The van der Waals surface area contributed by atoms with Crippen LogP contribution in [0.4, 0.5) is 0 Å². The van der Waals surface area contributed by atoms with Gasteiger partial charge in [-0.3, -0.25) is 9.59 Å². The van der Waals surface area contributed by atoms with Crippen LogP contribution in [0.3, 0.4) is 0 Å². The smallest absolute Gasteiger partial charge is 0.304 e. The van der Waals surface area contributed by atoms with E-state index in [4.69, 9.17) is 4.84 Å². The van der Waals surface area contributed by atoms with Crippen LogP contribution in [0, 0.1) is 28.6 Å². The molecular formula is C31H42N2O5. The number of allylic oxidation sites excluding steroid dienone is 2. The first-order valence-corrected chi connectivity index (χ1v) is 14.3. The predicted molar refractivity (Wildman–Crippen MR) is 146 cm³/mol. The molecule has 38 heavy (non-hydrogen) atoms. The van der Waals surface area contributed by atoms with Gasteiger partial charge in [-0.1, -0.05) is 54.9 Å². The summed E-state index contributed by atoms with van der Waals surface area (Å²) in [5.41, 5.74) is 3.54. The van der Waals surface area contributed by atoms with Gasteiger partial charge in [0.1, 0.15) is 0 Å². The number of carbonyl (C=O) groups excluding carboxylic acids is 1. The van der Waals surface area contributed by atoms with Crippen molar-refractivity contribution < 1.29 is 24.6 Å². The summed E-state index contributed by atoms with van der Waals surface area (Å²) in [4.78, 5) is 29.1. The van der Waals surface area contributed by atoms with Crippen LogP contribution < -0.4 is 5.32 Å².